The molecule has 0 heterocycles. The van der Waals surface area contributed by atoms with Gasteiger partial charge in [-0.15, -0.1) is 0 Å². The Balaban J connectivity index is 2.87. The van der Waals surface area contributed by atoms with Crippen LogP contribution in [0.1, 0.15) is 15.9 Å². The Morgan fingerprint density at radius 2 is 2.19 bits per heavy atom. The molecule has 0 fully saturated rings. The number of benzene rings is 1. The zero-order valence-corrected chi connectivity index (χ0v) is 10.8. The van der Waals surface area contributed by atoms with Crippen LogP contribution in [-0.4, -0.2) is 36.4 Å². The first-order chi connectivity index (χ1) is 7.57. The lowest BCUT2D eigenvalue weighted by Gasteiger charge is -2.18. The zero-order valence-electron chi connectivity index (χ0n) is 9.99. The predicted octanol–water partition coefficient (Wildman–Crippen LogP) is 2.01. The van der Waals surface area contributed by atoms with Gasteiger partial charge in [0.25, 0.3) is 5.91 Å². The van der Waals surface area contributed by atoms with Gasteiger partial charge in [0.2, 0.25) is 0 Å². The predicted molar refractivity (Wildman–Crippen MR) is 70.9 cm³/mol. The molecule has 2 N–H and O–H groups in total. The highest BCUT2D eigenvalue weighted by Gasteiger charge is 2.16. The van der Waals surface area contributed by atoms with Gasteiger partial charge in [-0.1, -0.05) is 12.1 Å². The summed E-state index contributed by atoms with van der Waals surface area (Å²) in [5.74, 6) is 0.943. The van der Waals surface area contributed by atoms with E-state index in [4.69, 9.17) is 5.73 Å². The van der Waals surface area contributed by atoms with Crippen molar-refractivity contribution in [2.24, 2.45) is 0 Å². The van der Waals surface area contributed by atoms with Gasteiger partial charge in [0.1, 0.15) is 0 Å². The van der Waals surface area contributed by atoms with E-state index in [1.165, 1.54) is 0 Å². The largest absolute Gasteiger partial charge is 0.398 e. The number of aryl methyl sites for hydroxylation is 1. The Morgan fingerprint density at radius 3 is 2.75 bits per heavy atom. The number of hydrogen-bond donors (Lipinski definition) is 1. The summed E-state index contributed by atoms with van der Waals surface area (Å²) in [5.41, 5.74) is 7.95. The maximum absolute atomic E-state index is 12.1. The molecule has 0 bridgehead atoms. The Labute approximate surface area is 101 Å². The van der Waals surface area contributed by atoms with Crippen LogP contribution in [0.2, 0.25) is 0 Å². The number of thioether (sulfide) groups is 1. The van der Waals surface area contributed by atoms with Crippen molar-refractivity contribution >= 4 is 23.4 Å². The summed E-state index contributed by atoms with van der Waals surface area (Å²) in [7, 11) is 1.81. The van der Waals surface area contributed by atoms with Crippen molar-refractivity contribution < 1.29 is 4.79 Å². The quantitative estimate of drug-likeness (QED) is 0.816. The van der Waals surface area contributed by atoms with Gasteiger partial charge in [-0.3, -0.25) is 4.79 Å². The monoisotopic (exact) mass is 238 g/mol. The van der Waals surface area contributed by atoms with Crippen molar-refractivity contribution in [2.45, 2.75) is 6.92 Å². The number of nitrogens with zero attached hydrogens (tertiary/aromatic N) is 1. The van der Waals surface area contributed by atoms with Crippen molar-refractivity contribution in [1.82, 2.24) is 4.90 Å². The van der Waals surface area contributed by atoms with Crippen molar-refractivity contribution in [3.05, 3.63) is 29.3 Å². The lowest BCUT2D eigenvalue weighted by Crippen LogP contribution is -2.30. The van der Waals surface area contributed by atoms with E-state index < -0.39 is 0 Å². The van der Waals surface area contributed by atoms with Crippen molar-refractivity contribution in [2.75, 3.05) is 31.3 Å². The second kappa shape index (κ2) is 5.80. The van der Waals surface area contributed by atoms with E-state index in [2.05, 4.69) is 0 Å². The molecule has 0 saturated heterocycles. The highest BCUT2D eigenvalue weighted by molar-refractivity contribution is 7.98. The average molecular weight is 238 g/mol. The fourth-order valence-electron chi connectivity index (χ4n) is 1.50. The van der Waals surface area contributed by atoms with Gasteiger partial charge >= 0.3 is 0 Å². The SMILES string of the molecule is CSCCN(C)C(=O)c1c(C)cccc1N. The number of hydrogen-bond acceptors (Lipinski definition) is 3. The Bertz CT molecular complexity index is 359. The smallest absolute Gasteiger partial charge is 0.255 e. The van der Waals surface area contributed by atoms with Crippen LogP contribution < -0.4 is 5.73 Å². The molecular weight excluding hydrogens is 220 g/mol. The fraction of sp³-hybridized carbons (Fsp3) is 0.417. The topological polar surface area (TPSA) is 46.3 Å². The lowest BCUT2D eigenvalue weighted by atomic mass is 10.1. The van der Waals surface area contributed by atoms with E-state index in [1.54, 1.807) is 22.7 Å². The molecule has 0 radical (unpaired) electrons. The van der Waals surface area contributed by atoms with Gasteiger partial charge in [-0.2, -0.15) is 11.8 Å². The van der Waals surface area contributed by atoms with Crippen LogP contribution in [0.5, 0.6) is 0 Å². The second-order valence-corrected chi connectivity index (χ2v) is 4.74. The summed E-state index contributed by atoms with van der Waals surface area (Å²) in [6.07, 6.45) is 2.03. The molecule has 0 saturated carbocycles. The normalized spacial score (nSPS) is 10.2. The number of nitrogens with two attached hydrogens (primary N) is 1. The molecule has 16 heavy (non-hydrogen) atoms. The van der Waals surface area contributed by atoms with Gasteiger partial charge in [0.15, 0.2) is 0 Å². The van der Waals surface area contributed by atoms with Gasteiger partial charge in [-0.05, 0) is 24.8 Å². The summed E-state index contributed by atoms with van der Waals surface area (Å²) in [5, 5.41) is 0. The highest BCUT2D eigenvalue weighted by atomic mass is 32.2. The Kier molecular flexibility index (Phi) is 4.68. The number of carbonyl (C=O) groups excluding carboxylic acids is 1. The molecule has 88 valence electrons. The van der Waals surface area contributed by atoms with E-state index in [1.807, 2.05) is 32.4 Å². The van der Waals surface area contributed by atoms with Crippen LogP contribution in [0.4, 0.5) is 5.69 Å². The van der Waals surface area contributed by atoms with Gasteiger partial charge < -0.3 is 10.6 Å². The van der Waals surface area contributed by atoms with Crippen LogP contribution in [0.25, 0.3) is 0 Å². The van der Waals surface area contributed by atoms with E-state index in [-0.39, 0.29) is 5.91 Å². The second-order valence-electron chi connectivity index (χ2n) is 3.76. The van der Waals surface area contributed by atoms with Crippen LogP contribution in [0.15, 0.2) is 18.2 Å². The third-order valence-corrected chi connectivity index (χ3v) is 3.09. The Hall–Kier alpha value is -1.16. The molecular formula is C12H18N2OS. The molecule has 0 aliphatic heterocycles. The molecule has 0 atom stereocenters. The molecule has 1 aromatic carbocycles. The summed E-state index contributed by atoms with van der Waals surface area (Å²) < 4.78 is 0. The zero-order chi connectivity index (χ0) is 12.1. The lowest BCUT2D eigenvalue weighted by molar-refractivity contribution is 0.0804. The molecule has 1 rings (SSSR count). The minimum absolute atomic E-state index is 0.00431. The first kappa shape index (κ1) is 12.9. The molecule has 0 aliphatic rings. The molecule has 0 aromatic heterocycles. The van der Waals surface area contributed by atoms with Crippen molar-refractivity contribution in [1.29, 1.82) is 0 Å². The van der Waals surface area contributed by atoms with Crippen LogP contribution >= 0.6 is 11.8 Å². The van der Waals surface area contributed by atoms with Crippen LogP contribution in [0, 0.1) is 6.92 Å². The van der Waals surface area contributed by atoms with Crippen molar-refractivity contribution in [3.63, 3.8) is 0 Å². The van der Waals surface area contributed by atoms with Crippen molar-refractivity contribution in [3.8, 4) is 0 Å². The van der Waals surface area contributed by atoms with E-state index in [9.17, 15) is 4.79 Å². The minimum atomic E-state index is 0.00431. The maximum atomic E-state index is 12.1. The molecule has 3 nitrogen and oxygen atoms in total. The van der Waals surface area contributed by atoms with E-state index in [0.29, 0.717) is 11.3 Å². The molecule has 1 aromatic rings. The standard InChI is InChI=1S/C12H18N2OS/c1-9-5-4-6-10(13)11(9)12(15)14(2)7-8-16-3/h4-6H,7-8,13H2,1-3H3. The summed E-state index contributed by atoms with van der Waals surface area (Å²) in [6, 6.07) is 5.54. The first-order valence-electron chi connectivity index (χ1n) is 5.17. The number of amides is 1. The van der Waals surface area contributed by atoms with E-state index >= 15 is 0 Å². The molecule has 0 spiro atoms. The van der Waals surface area contributed by atoms with Gasteiger partial charge in [0.05, 0.1) is 5.56 Å². The van der Waals surface area contributed by atoms with Crippen LogP contribution in [0.3, 0.4) is 0 Å². The van der Waals surface area contributed by atoms with Gasteiger partial charge in [0, 0.05) is 25.0 Å². The fourth-order valence-corrected chi connectivity index (χ4v) is 1.96. The Morgan fingerprint density at radius 1 is 1.50 bits per heavy atom. The number of anilines is 1. The number of nitrogen functional groups attached to an aromatic ring is 1. The maximum Gasteiger partial charge on any atom is 0.255 e. The third kappa shape index (κ3) is 2.92. The minimum Gasteiger partial charge on any atom is -0.398 e. The molecule has 4 heteroatoms. The number of carbonyl (C=O) groups is 1. The highest BCUT2D eigenvalue weighted by Crippen LogP contribution is 2.18. The van der Waals surface area contributed by atoms with Crippen LogP contribution in [-0.2, 0) is 0 Å². The van der Waals surface area contributed by atoms with Gasteiger partial charge in [-0.25, -0.2) is 0 Å². The molecule has 1 amide bonds. The van der Waals surface area contributed by atoms with E-state index in [0.717, 1.165) is 17.9 Å². The number of rotatable bonds is 4. The molecule has 0 unspecified atom stereocenters. The first-order valence-corrected chi connectivity index (χ1v) is 6.56. The molecule has 0 aliphatic carbocycles. The summed E-state index contributed by atoms with van der Waals surface area (Å²) >= 11 is 1.73. The third-order valence-electron chi connectivity index (χ3n) is 2.50. The summed E-state index contributed by atoms with van der Waals surface area (Å²) in [6.45, 7) is 2.65. The average Bonchev–Trinajstić information content (AvgIpc) is 2.25. The summed E-state index contributed by atoms with van der Waals surface area (Å²) in [4.78, 5) is 13.8.